The van der Waals surface area contributed by atoms with Crippen molar-refractivity contribution in [1.82, 2.24) is 0 Å². The second-order valence-corrected chi connectivity index (χ2v) is 4.63. The smallest absolute Gasteiger partial charge is 0.485 e. The van der Waals surface area contributed by atoms with Gasteiger partial charge in [-0.05, 0) is 12.5 Å². The fourth-order valence-electron chi connectivity index (χ4n) is 0.996. The molecule has 0 N–H and O–H groups in total. The summed E-state index contributed by atoms with van der Waals surface area (Å²) in [6.45, 7) is 5.98. The molecule has 0 bridgehead atoms. The minimum atomic E-state index is -6.09. The third kappa shape index (κ3) is 6.22. The molecule has 0 saturated heterocycles. The first kappa shape index (κ1) is 15.9. The van der Waals surface area contributed by atoms with Gasteiger partial charge in [0.05, 0.1) is 13.8 Å². The molecule has 0 aliphatic rings. The molecule has 0 aliphatic heterocycles. The van der Waals surface area contributed by atoms with Crippen molar-refractivity contribution in [2.75, 3.05) is 0 Å². The molecule has 0 fully saturated rings. The summed E-state index contributed by atoms with van der Waals surface area (Å²) in [6.07, 6.45) is 0. The Hall–Kier alpha value is -1.15. The van der Waals surface area contributed by atoms with Crippen LogP contribution in [-0.4, -0.2) is 18.5 Å². The van der Waals surface area contributed by atoms with Crippen molar-refractivity contribution in [3.8, 4) is 0 Å². The Bertz CT molecular complexity index is 429. The van der Waals surface area contributed by atoms with E-state index in [0.717, 1.165) is 11.5 Å². The molecule has 0 amide bonds. The summed E-state index contributed by atoms with van der Waals surface area (Å²) in [7, 11) is -6.09. The van der Waals surface area contributed by atoms with Gasteiger partial charge in [-0.15, -0.1) is 0 Å². The SMILES string of the molecule is Cc1cc(C)[o+]c(C)c1.O=S(=O)([O-])C(F)(F)F. The Balaban J connectivity index is 0.000000304. The maximum Gasteiger partial charge on any atom is 0.485 e. The number of hydrogen-bond acceptors (Lipinski definition) is 3. The highest BCUT2D eigenvalue weighted by atomic mass is 32.2. The Kier molecular flexibility index (Phi) is 5.09. The average molecular weight is 272 g/mol. The molecule has 0 aromatic carbocycles. The standard InChI is InChI=1S/C8H11O.CHF3O3S/c1-6-4-7(2)9-8(3)5-6;2-1(3,4)8(5,6)7/h4-5H,1-3H3;(H,5,6,7)/q+1;/p-1. The summed E-state index contributed by atoms with van der Waals surface area (Å²) in [5, 5.41) is 0. The number of halogens is 3. The van der Waals surface area contributed by atoms with Crippen LogP contribution >= 0.6 is 0 Å². The minimum absolute atomic E-state index is 0.979. The lowest BCUT2D eigenvalue weighted by Crippen LogP contribution is -2.21. The lowest BCUT2D eigenvalue weighted by Gasteiger charge is -2.08. The zero-order valence-corrected chi connectivity index (χ0v) is 10.1. The van der Waals surface area contributed by atoms with E-state index in [1.54, 1.807) is 0 Å². The van der Waals surface area contributed by atoms with Gasteiger partial charge in [0.2, 0.25) is 0 Å². The van der Waals surface area contributed by atoms with Crippen LogP contribution in [-0.2, 0) is 10.1 Å². The van der Waals surface area contributed by atoms with E-state index in [4.69, 9.17) is 17.4 Å². The molecule has 0 unspecified atom stereocenters. The topological polar surface area (TPSA) is 68.5 Å². The van der Waals surface area contributed by atoms with Crippen LogP contribution in [0.5, 0.6) is 0 Å². The van der Waals surface area contributed by atoms with Crippen molar-refractivity contribution < 1.29 is 30.6 Å². The quantitative estimate of drug-likeness (QED) is 0.413. The van der Waals surface area contributed by atoms with Gasteiger partial charge in [0.15, 0.2) is 10.1 Å². The van der Waals surface area contributed by atoms with Crippen molar-refractivity contribution in [2.45, 2.75) is 26.3 Å². The van der Waals surface area contributed by atoms with Crippen molar-refractivity contribution >= 4 is 10.1 Å². The number of rotatable bonds is 0. The summed E-state index contributed by atoms with van der Waals surface area (Å²) in [5.41, 5.74) is -4.39. The summed E-state index contributed by atoms with van der Waals surface area (Å²) < 4.78 is 64.2. The van der Waals surface area contributed by atoms with Gasteiger partial charge in [-0.3, -0.25) is 0 Å². The van der Waals surface area contributed by atoms with Gasteiger partial charge in [0.25, 0.3) is 0 Å². The molecule has 98 valence electrons. The molecule has 1 aromatic rings. The van der Waals surface area contributed by atoms with E-state index < -0.39 is 15.6 Å². The molecule has 0 radical (unpaired) electrons. The molecule has 0 spiro atoms. The van der Waals surface area contributed by atoms with E-state index >= 15 is 0 Å². The maximum atomic E-state index is 10.7. The zero-order chi connectivity index (χ0) is 13.9. The van der Waals surface area contributed by atoms with Gasteiger partial charge in [-0.1, -0.05) is 0 Å². The van der Waals surface area contributed by atoms with Gasteiger partial charge in [0, 0.05) is 12.1 Å². The fourth-order valence-corrected chi connectivity index (χ4v) is 0.996. The van der Waals surface area contributed by atoms with Crippen LogP contribution in [0.3, 0.4) is 0 Å². The minimum Gasteiger partial charge on any atom is -0.741 e. The van der Waals surface area contributed by atoms with Gasteiger partial charge in [-0.2, -0.15) is 13.2 Å². The van der Waals surface area contributed by atoms with Gasteiger partial charge in [-0.25, -0.2) is 12.8 Å². The molecule has 0 aliphatic carbocycles. The molecule has 4 nitrogen and oxygen atoms in total. The highest BCUT2D eigenvalue weighted by molar-refractivity contribution is 7.86. The number of hydrogen-bond donors (Lipinski definition) is 0. The largest absolute Gasteiger partial charge is 0.741 e. The molecular formula is C9H11F3O4S. The monoisotopic (exact) mass is 272 g/mol. The second-order valence-electron chi connectivity index (χ2n) is 3.26. The van der Waals surface area contributed by atoms with Crippen molar-refractivity contribution in [2.24, 2.45) is 0 Å². The van der Waals surface area contributed by atoms with Crippen molar-refractivity contribution in [1.29, 1.82) is 0 Å². The van der Waals surface area contributed by atoms with E-state index in [1.807, 2.05) is 26.0 Å². The maximum absolute atomic E-state index is 10.7. The van der Waals surface area contributed by atoms with Gasteiger partial charge in [0.1, 0.15) is 0 Å². The van der Waals surface area contributed by atoms with E-state index in [-0.39, 0.29) is 0 Å². The number of aryl methyl sites for hydroxylation is 3. The Morgan fingerprint density at radius 2 is 1.41 bits per heavy atom. The molecule has 0 saturated carbocycles. The van der Waals surface area contributed by atoms with E-state index in [0.29, 0.717) is 0 Å². The summed E-state index contributed by atoms with van der Waals surface area (Å²) >= 11 is 0. The van der Waals surface area contributed by atoms with Crippen LogP contribution < -0.4 is 0 Å². The third-order valence-electron chi connectivity index (χ3n) is 1.47. The van der Waals surface area contributed by atoms with E-state index in [2.05, 4.69) is 6.92 Å². The van der Waals surface area contributed by atoms with Crippen LogP contribution in [0.15, 0.2) is 16.5 Å². The second kappa shape index (κ2) is 5.46. The first-order valence-electron chi connectivity index (χ1n) is 4.33. The van der Waals surface area contributed by atoms with Crippen LogP contribution in [0, 0.1) is 20.8 Å². The molecule has 1 heterocycles. The first-order valence-corrected chi connectivity index (χ1v) is 5.74. The van der Waals surface area contributed by atoms with Crippen molar-refractivity contribution in [3.63, 3.8) is 0 Å². The Labute approximate surface area is 96.8 Å². The first-order chi connectivity index (χ1) is 7.43. The van der Waals surface area contributed by atoms with Crippen LogP contribution in [0.4, 0.5) is 13.2 Å². The molecule has 1 aromatic heterocycles. The van der Waals surface area contributed by atoms with Crippen LogP contribution in [0.2, 0.25) is 0 Å². The Morgan fingerprint density at radius 3 is 1.59 bits per heavy atom. The molecule has 8 heteroatoms. The predicted molar refractivity (Wildman–Crippen MR) is 53.1 cm³/mol. The summed E-state index contributed by atoms with van der Waals surface area (Å²) in [5.74, 6) is 1.96. The molecule has 17 heavy (non-hydrogen) atoms. The predicted octanol–water partition coefficient (Wildman–Crippen LogP) is 2.54. The molecule has 1 rings (SSSR count). The highest BCUT2D eigenvalue weighted by Gasteiger charge is 2.36. The highest BCUT2D eigenvalue weighted by Crippen LogP contribution is 2.20. The normalized spacial score (nSPS) is 11.7. The third-order valence-corrected chi connectivity index (χ3v) is 2.03. The van der Waals surface area contributed by atoms with Crippen molar-refractivity contribution in [3.05, 3.63) is 29.2 Å². The summed E-state index contributed by atoms with van der Waals surface area (Å²) in [4.78, 5) is 0. The van der Waals surface area contributed by atoms with E-state index in [1.165, 1.54) is 5.56 Å². The lowest BCUT2D eigenvalue weighted by molar-refractivity contribution is -0.0517. The van der Waals surface area contributed by atoms with Crippen LogP contribution in [0.25, 0.3) is 0 Å². The average Bonchev–Trinajstić information content (AvgIpc) is 1.96. The lowest BCUT2D eigenvalue weighted by atomic mass is 10.2. The molecular weight excluding hydrogens is 261 g/mol. The van der Waals surface area contributed by atoms with Crippen LogP contribution in [0.1, 0.15) is 17.1 Å². The number of alkyl halides is 3. The van der Waals surface area contributed by atoms with Gasteiger partial charge < -0.3 is 4.55 Å². The zero-order valence-electron chi connectivity index (χ0n) is 9.33. The Morgan fingerprint density at radius 1 is 1.12 bits per heavy atom. The fraction of sp³-hybridized carbons (Fsp3) is 0.444. The molecule has 0 atom stereocenters. The van der Waals surface area contributed by atoms with E-state index in [9.17, 15) is 13.2 Å². The van der Waals surface area contributed by atoms with Gasteiger partial charge >= 0.3 is 17.0 Å². The summed E-state index contributed by atoms with van der Waals surface area (Å²) in [6, 6.07) is 4.04.